The van der Waals surface area contributed by atoms with Gasteiger partial charge >= 0.3 is 0 Å². The number of halogens is 3. The molecule has 0 fully saturated rings. The minimum absolute atomic E-state index is 0.301. The maximum absolute atomic E-state index is 6.26. The highest BCUT2D eigenvalue weighted by Crippen LogP contribution is 2.30. The van der Waals surface area contributed by atoms with Crippen molar-refractivity contribution in [2.45, 2.75) is 12.3 Å². The molecule has 0 aliphatic heterocycles. The number of nitrogens with one attached hydrogen (secondary N) is 1. The largest absolute Gasteiger partial charge is 0.319 e. The summed E-state index contributed by atoms with van der Waals surface area (Å²) in [6.07, 6.45) is 0.793. The molecule has 1 nitrogen and oxygen atoms in total. The Morgan fingerprint density at radius 3 is 2.10 bits per heavy atom. The standard InChI is InChI=1S/C16H16Cl3N/c1-20-10-12(11-5-7-13(17)8-6-11)9-14-15(18)3-2-4-16(14)19/h2-8,12,20H,9-10H2,1H3. The van der Waals surface area contributed by atoms with Gasteiger partial charge in [0.1, 0.15) is 0 Å². The first-order valence-electron chi connectivity index (χ1n) is 6.44. The normalized spacial score (nSPS) is 12.4. The summed E-state index contributed by atoms with van der Waals surface area (Å²) in [4.78, 5) is 0. The Labute approximate surface area is 134 Å². The Balaban J connectivity index is 2.28. The lowest BCUT2D eigenvalue weighted by molar-refractivity contribution is 0.626. The molecule has 0 aromatic heterocycles. The first-order valence-corrected chi connectivity index (χ1v) is 7.58. The molecule has 2 aromatic rings. The van der Waals surface area contributed by atoms with Gasteiger partial charge < -0.3 is 5.32 Å². The van der Waals surface area contributed by atoms with Crippen LogP contribution in [0.3, 0.4) is 0 Å². The zero-order chi connectivity index (χ0) is 14.5. The van der Waals surface area contributed by atoms with E-state index in [1.165, 1.54) is 5.56 Å². The minimum atomic E-state index is 0.301. The fourth-order valence-electron chi connectivity index (χ4n) is 2.26. The van der Waals surface area contributed by atoms with Gasteiger partial charge in [-0.25, -0.2) is 0 Å². The van der Waals surface area contributed by atoms with Crippen molar-refractivity contribution in [1.29, 1.82) is 0 Å². The van der Waals surface area contributed by atoms with Crippen molar-refractivity contribution < 1.29 is 0 Å². The average Bonchev–Trinajstić information content (AvgIpc) is 2.43. The van der Waals surface area contributed by atoms with E-state index in [1.54, 1.807) is 0 Å². The number of benzene rings is 2. The SMILES string of the molecule is CNCC(Cc1c(Cl)cccc1Cl)c1ccc(Cl)cc1. The highest BCUT2D eigenvalue weighted by Gasteiger charge is 2.15. The maximum Gasteiger partial charge on any atom is 0.0453 e. The van der Waals surface area contributed by atoms with E-state index < -0.39 is 0 Å². The quantitative estimate of drug-likeness (QED) is 0.796. The second-order valence-electron chi connectivity index (χ2n) is 4.71. The zero-order valence-corrected chi connectivity index (χ0v) is 13.4. The van der Waals surface area contributed by atoms with Gasteiger partial charge in [-0.3, -0.25) is 0 Å². The lowest BCUT2D eigenvalue weighted by Gasteiger charge is -2.19. The molecule has 106 valence electrons. The fourth-order valence-corrected chi connectivity index (χ4v) is 2.94. The van der Waals surface area contributed by atoms with Gasteiger partial charge in [-0.05, 0) is 48.9 Å². The lowest BCUT2D eigenvalue weighted by atomic mass is 9.92. The molecule has 20 heavy (non-hydrogen) atoms. The summed E-state index contributed by atoms with van der Waals surface area (Å²) in [5.74, 6) is 0.301. The van der Waals surface area contributed by atoms with Gasteiger partial charge in [0.2, 0.25) is 0 Å². The first kappa shape index (κ1) is 15.7. The van der Waals surface area contributed by atoms with Crippen LogP contribution in [0, 0.1) is 0 Å². The van der Waals surface area contributed by atoms with Crippen LogP contribution in [0.15, 0.2) is 42.5 Å². The Morgan fingerprint density at radius 2 is 1.55 bits per heavy atom. The van der Waals surface area contributed by atoms with Crippen molar-refractivity contribution >= 4 is 34.8 Å². The molecule has 0 aliphatic rings. The smallest absolute Gasteiger partial charge is 0.0453 e. The van der Waals surface area contributed by atoms with Crippen LogP contribution in [-0.4, -0.2) is 13.6 Å². The molecule has 0 radical (unpaired) electrons. The molecule has 1 N–H and O–H groups in total. The van der Waals surface area contributed by atoms with Gasteiger partial charge in [-0.1, -0.05) is 53.0 Å². The molecule has 1 unspecified atom stereocenters. The predicted octanol–water partition coefficient (Wildman–Crippen LogP) is 5.19. The summed E-state index contributed by atoms with van der Waals surface area (Å²) in [7, 11) is 1.94. The van der Waals surface area contributed by atoms with E-state index in [0.29, 0.717) is 16.0 Å². The van der Waals surface area contributed by atoms with Crippen LogP contribution >= 0.6 is 34.8 Å². The number of likely N-dealkylation sites (N-methyl/N-ethyl adjacent to an activating group) is 1. The van der Waals surface area contributed by atoms with Crippen molar-refractivity contribution in [2.24, 2.45) is 0 Å². The zero-order valence-electron chi connectivity index (χ0n) is 11.2. The summed E-state index contributed by atoms with van der Waals surface area (Å²) in [6.45, 7) is 0.850. The maximum atomic E-state index is 6.26. The van der Waals surface area contributed by atoms with Gasteiger partial charge in [-0.2, -0.15) is 0 Å². The van der Waals surface area contributed by atoms with E-state index in [9.17, 15) is 0 Å². The van der Waals surface area contributed by atoms with E-state index in [1.807, 2.05) is 37.4 Å². The highest BCUT2D eigenvalue weighted by molar-refractivity contribution is 6.36. The van der Waals surface area contributed by atoms with Crippen LogP contribution in [-0.2, 0) is 6.42 Å². The molecule has 0 saturated heterocycles. The summed E-state index contributed by atoms with van der Waals surface area (Å²) in [6, 6.07) is 13.5. The third-order valence-corrected chi connectivity index (χ3v) is 4.26. The van der Waals surface area contributed by atoms with E-state index in [4.69, 9.17) is 34.8 Å². The van der Waals surface area contributed by atoms with Gasteiger partial charge in [-0.15, -0.1) is 0 Å². The third-order valence-electron chi connectivity index (χ3n) is 3.30. The molecule has 0 saturated carbocycles. The second kappa shape index (κ2) is 7.33. The Kier molecular flexibility index (Phi) is 5.74. The molecule has 0 heterocycles. The summed E-state index contributed by atoms with van der Waals surface area (Å²) >= 11 is 18.5. The molecule has 0 amide bonds. The van der Waals surface area contributed by atoms with Crippen molar-refractivity contribution in [3.63, 3.8) is 0 Å². The number of hydrogen-bond acceptors (Lipinski definition) is 1. The van der Waals surface area contributed by atoms with Crippen molar-refractivity contribution in [3.05, 3.63) is 68.7 Å². The average molecular weight is 329 g/mol. The Morgan fingerprint density at radius 1 is 0.950 bits per heavy atom. The molecule has 2 aromatic carbocycles. The van der Waals surface area contributed by atoms with Crippen LogP contribution in [0.1, 0.15) is 17.0 Å². The Bertz CT molecular complexity index is 546. The summed E-state index contributed by atoms with van der Waals surface area (Å²) in [5, 5.41) is 5.39. The minimum Gasteiger partial charge on any atom is -0.319 e. The number of rotatable bonds is 5. The van der Waals surface area contributed by atoms with Crippen LogP contribution in [0.4, 0.5) is 0 Å². The van der Waals surface area contributed by atoms with Crippen molar-refractivity contribution in [3.8, 4) is 0 Å². The number of hydrogen-bond donors (Lipinski definition) is 1. The van der Waals surface area contributed by atoms with Crippen LogP contribution < -0.4 is 5.32 Å². The molecule has 0 spiro atoms. The molecular weight excluding hydrogens is 313 g/mol. The van der Waals surface area contributed by atoms with Gasteiger partial charge in [0.05, 0.1) is 0 Å². The van der Waals surface area contributed by atoms with Gasteiger partial charge in [0.15, 0.2) is 0 Å². The second-order valence-corrected chi connectivity index (χ2v) is 5.96. The molecule has 0 aliphatic carbocycles. The van der Waals surface area contributed by atoms with Crippen molar-refractivity contribution in [2.75, 3.05) is 13.6 Å². The van der Waals surface area contributed by atoms with E-state index in [0.717, 1.165) is 23.6 Å². The van der Waals surface area contributed by atoms with E-state index in [-0.39, 0.29) is 0 Å². The molecule has 1 atom stereocenters. The molecule has 2 rings (SSSR count). The molecule has 4 heteroatoms. The van der Waals surface area contributed by atoms with Crippen LogP contribution in [0.2, 0.25) is 15.1 Å². The van der Waals surface area contributed by atoms with Gasteiger partial charge in [0, 0.05) is 27.5 Å². The fraction of sp³-hybridized carbons (Fsp3) is 0.250. The Hall–Kier alpha value is -0.730. The topological polar surface area (TPSA) is 12.0 Å². The first-order chi connectivity index (χ1) is 9.61. The third kappa shape index (κ3) is 3.89. The summed E-state index contributed by atoms with van der Waals surface area (Å²) < 4.78 is 0. The van der Waals surface area contributed by atoms with Crippen LogP contribution in [0.25, 0.3) is 0 Å². The van der Waals surface area contributed by atoms with E-state index >= 15 is 0 Å². The highest BCUT2D eigenvalue weighted by atomic mass is 35.5. The summed E-state index contributed by atoms with van der Waals surface area (Å²) in [5.41, 5.74) is 2.21. The van der Waals surface area contributed by atoms with Crippen LogP contribution in [0.5, 0.6) is 0 Å². The van der Waals surface area contributed by atoms with Crippen molar-refractivity contribution in [1.82, 2.24) is 5.32 Å². The van der Waals surface area contributed by atoms with Gasteiger partial charge in [0.25, 0.3) is 0 Å². The predicted molar refractivity (Wildman–Crippen MR) is 88.3 cm³/mol. The van der Waals surface area contributed by atoms with E-state index in [2.05, 4.69) is 17.4 Å². The lowest BCUT2D eigenvalue weighted by Crippen LogP contribution is -2.19. The molecular formula is C16H16Cl3N. The molecule has 0 bridgehead atoms. The monoisotopic (exact) mass is 327 g/mol.